The van der Waals surface area contributed by atoms with Crippen LogP contribution in [0.25, 0.3) is 0 Å². The molecule has 0 unspecified atom stereocenters. The van der Waals surface area contributed by atoms with E-state index in [0.29, 0.717) is 5.69 Å². The molecule has 0 radical (unpaired) electrons. The number of aromatic amines is 1. The lowest BCUT2D eigenvalue weighted by atomic mass is 10.4. The summed E-state index contributed by atoms with van der Waals surface area (Å²) in [7, 11) is -3.23. The first-order chi connectivity index (χ1) is 6.58. The number of hydrogen-bond acceptors (Lipinski definition) is 3. The molecule has 6 heteroatoms. The summed E-state index contributed by atoms with van der Waals surface area (Å²) in [6.07, 6.45) is 2.79. The van der Waals surface area contributed by atoms with Gasteiger partial charge in [-0.25, -0.2) is 8.42 Å². The van der Waals surface area contributed by atoms with E-state index >= 15 is 0 Å². The lowest BCUT2D eigenvalue weighted by Crippen LogP contribution is -2.18. The molecule has 0 spiro atoms. The molecule has 1 aliphatic carbocycles. The maximum atomic E-state index is 11.4. The minimum Gasteiger partial charge on any atom is -0.327 e. The molecule has 0 aromatic carbocycles. The lowest BCUT2D eigenvalue weighted by Gasteiger charge is -2.05. The van der Waals surface area contributed by atoms with Crippen molar-refractivity contribution in [1.82, 2.24) is 4.98 Å². The summed E-state index contributed by atoms with van der Waals surface area (Å²) < 4.78 is 25.3. The topological polar surface area (TPSA) is 79.0 Å². The molecule has 1 fully saturated rings. The van der Waals surface area contributed by atoms with Gasteiger partial charge in [-0.05, 0) is 18.9 Å². The highest BCUT2D eigenvalue weighted by atomic mass is 32.2. The minimum atomic E-state index is -3.23. The second-order valence-corrected chi connectivity index (χ2v) is 5.25. The zero-order valence-electron chi connectivity index (χ0n) is 7.36. The number of rotatable bonds is 3. The van der Waals surface area contributed by atoms with Gasteiger partial charge in [0.2, 0.25) is 15.6 Å². The average Bonchev–Trinajstić information content (AvgIpc) is 2.91. The van der Waals surface area contributed by atoms with Crippen LogP contribution in [-0.4, -0.2) is 18.7 Å². The first-order valence-electron chi connectivity index (χ1n) is 4.28. The first-order valence-corrected chi connectivity index (χ1v) is 5.83. The van der Waals surface area contributed by atoms with Crippen molar-refractivity contribution in [3.05, 3.63) is 28.7 Å². The fourth-order valence-electron chi connectivity index (χ4n) is 1.10. The van der Waals surface area contributed by atoms with Crippen molar-refractivity contribution in [2.24, 2.45) is 0 Å². The van der Waals surface area contributed by atoms with Gasteiger partial charge in [0.1, 0.15) is 0 Å². The van der Waals surface area contributed by atoms with E-state index in [1.165, 1.54) is 18.3 Å². The molecule has 1 saturated carbocycles. The highest BCUT2D eigenvalue weighted by Gasteiger charge is 2.35. The van der Waals surface area contributed by atoms with E-state index in [0.717, 1.165) is 12.8 Å². The Bertz CT molecular complexity index is 467. The molecule has 0 aliphatic heterocycles. The normalized spacial score (nSPS) is 16.6. The Labute approximate surface area is 81.2 Å². The second-order valence-electron chi connectivity index (χ2n) is 3.29. The van der Waals surface area contributed by atoms with Crippen molar-refractivity contribution < 1.29 is 8.42 Å². The molecule has 0 bridgehead atoms. The van der Waals surface area contributed by atoms with Crippen molar-refractivity contribution in [3.63, 3.8) is 0 Å². The highest BCUT2D eigenvalue weighted by molar-refractivity contribution is 7.93. The lowest BCUT2D eigenvalue weighted by molar-refractivity contribution is 0.600. The quantitative estimate of drug-likeness (QED) is 0.758. The number of sulfonamides is 1. The van der Waals surface area contributed by atoms with Gasteiger partial charge in [-0.2, -0.15) is 0 Å². The van der Waals surface area contributed by atoms with Gasteiger partial charge in [0.15, 0.2) is 0 Å². The van der Waals surface area contributed by atoms with Crippen LogP contribution in [0.15, 0.2) is 23.1 Å². The van der Waals surface area contributed by atoms with E-state index in [1.54, 1.807) is 0 Å². The number of H-pyrrole nitrogens is 1. The molecule has 2 rings (SSSR count). The Hall–Kier alpha value is -1.30. The van der Waals surface area contributed by atoms with Gasteiger partial charge in [0, 0.05) is 12.3 Å². The van der Waals surface area contributed by atoms with Crippen molar-refractivity contribution in [2.75, 3.05) is 4.72 Å². The largest absolute Gasteiger partial charge is 0.327 e. The maximum Gasteiger partial charge on any atom is 0.248 e. The molecule has 0 amide bonds. The van der Waals surface area contributed by atoms with Crippen molar-refractivity contribution in [2.45, 2.75) is 18.1 Å². The second kappa shape index (κ2) is 3.13. The van der Waals surface area contributed by atoms with Gasteiger partial charge < -0.3 is 4.98 Å². The van der Waals surface area contributed by atoms with Gasteiger partial charge in [0.25, 0.3) is 0 Å². The Morgan fingerprint density at radius 1 is 1.36 bits per heavy atom. The van der Waals surface area contributed by atoms with E-state index < -0.39 is 10.0 Å². The van der Waals surface area contributed by atoms with Gasteiger partial charge in [-0.1, -0.05) is 0 Å². The van der Waals surface area contributed by atoms with Crippen LogP contribution in [-0.2, 0) is 10.0 Å². The molecule has 0 saturated heterocycles. The summed E-state index contributed by atoms with van der Waals surface area (Å²) in [6, 6.07) is 2.73. The number of pyridine rings is 1. The monoisotopic (exact) mass is 214 g/mol. The Morgan fingerprint density at radius 3 is 2.57 bits per heavy atom. The third-order valence-electron chi connectivity index (χ3n) is 2.01. The molecule has 2 N–H and O–H groups in total. The van der Waals surface area contributed by atoms with Crippen molar-refractivity contribution in [1.29, 1.82) is 0 Å². The molecule has 1 aliphatic rings. The molecular weight excluding hydrogens is 204 g/mol. The van der Waals surface area contributed by atoms with Crippen LogP contribution < -0.4 is 10.3 Å². The standard InChI is InChI=1S/C8H10N2O3S/c11-8-4-1-6(5-9-8)10-14(12,13)7-2-3-7/h1,4-5,7,10H,2-3H2,(H,9,11). The number of nitrogens with one attached hydrogen (secondary N) is 2. The van der Waals surface area contributed by atoms with Crippen molar-refractivity contribution >= 4 is 15.7 Å². The highest BCUT2D eigenvalue weighted by Crippen LogP contribution is 2.29. The third kappa shape index (κ3) is 1.95. The molecule has 5 nitrogen and oxygen atoms in total. The molecule has 76 valence electrons. The van der Waals surface area contributed by atoms with E-state index in [9.17, 15) is 13.2 Å². The van der Waals surface area contributed by atoms with Gasteiger partial charge in [-0.3, -0.25) is 9.52 Å². The Morgan fingerprint density at radius 2 is 2.07 bits per heavy atom. The van der Waals surface area contributed by atoms with E-state index in [2.05, 4.69) is 9.71 Å². The maximum absolute atomic E-state index is 11.4. The number of hydrogen-bond donors (Lipinski definition) is 2. The van der Waals surface area contributed by atoms with Crippen LogP contribution in [0.1, 0.15) is 12.8 Å². The fourth-order valence-corrected chi connectivity index (χ4v) is 2.48. The molecule has 14 heavy (non-hydrogen) atoms. The van der Waals surface area contributed by atoms with E-state index in [4.69, 9.17) is 0 Å². The molecule has 0 atom stereocenters. The summed E-state index contributed by atoms with van der Waals surface area (Å²) in [5, 5.41) is -0.255. The Balaban J connectivity index is 2.18. The van der Waals surface area contributed by atoms with Crippen LogP contribution in [0, 0.1) is 0 Å². The predicted octanol–water partition coefficient (Wildman–Crippen LogP) is 0.279. The number of anilines is 1. The summed E-state index contributed by atoms with van der Waals surface area (Å²) in [4.78, 5) is 13.1. The SMILES string of the molecule is O=c1ccc(NS(=O)(=O)C2CC2)c[nH]1. The van der Waals surface area contributed by atoms with E-state index in [1.807, 2.05) is 0 Å². The van der Waals surface area contributed by atoms with Crippen molar-refractivity contribution in [3.8, 4) is 0 Å². The zero-order valence-corrected chi connectivity index (χ0v) is 8.17. The summed E-state index contributed by atoms with van der Waals surface area (Å²) in [5.41, 5.74) is 0.149. The van der Waals surface area contributed by atoms with Gasteiger partial charge in [-0.15, -0.1) is 0 Å². The zero-order chi connectivity index (χ0) is 10.2. The summed E-state index contributed by atoms with van der Waals surface area (Å²) in [5.74, 6) is 0. The number of aromatic nitrogens is 1. The van der Waals surface area contributed by atoms with Crippen LogP contribution in [0.2, 0.25) is 0 Å². The van der Waals surface area contributed by atoms with Gasteiger partial charge >= 0.3 is 0 Å². The van der Waals surface area contributed by atoms with Crippen LogP contribution >= 0.6 is 0 Å². The third-order valence-corrected chi connectivity index (χ3v) is 3.88. The summed E-state index contributed by atoms with van der Waals surface area (Å²) in [6.45, 7) is 0. The fraction of sp³-hybridized carbons (Fsp3) is 0.375. The van der Waals surface area contributed by atoms with Gasteiger partial charge in [0.05, 0.1) is 10.9 Å². The van der Waals surface area contributed by atoms with Crippen LogP contribution in [0.3, 0.4) is 0 Å². The molecule has 1 aromatic rings. The van der Waals surface area contributed by atoms with Crippen LogP contribution in [0.5, 0.6) is 0 Å². The molecular formula is C8H10N2O3S. The van der Waals surface area contributed by atoms with Crippen LogP contribution in [0.4, 0.5) is 5.69 Å². The smallest absolute Gasteiger partial charge is 0.248 e. The first kappa shape index (κ1) is 9.26. The van der Waals surface area contributed by atoms with E-state index in [-0.39, 0.29) is 10.8 Å². The minimum absolute atomic E-state index is 0.251. The predicted molar refractivity (Wildman–Crippen MR) is 52.6 cm³/mol. The Kier molecular flexibility index (Phi) is 2.07. The summed E-state index contributed by atoms with van der Waals surface area (Å²) >= 11 is 0. The molecule has 1 heterocycles. The molecule has 1 aromatic heterocycles. The average molecular weight is 214 g/mol.